The molecule has 0 bridgehead atoms. The Labute approximate surface area is 165 Å². The Morgan fingerprint density at radius 2 is 1.93 bits per heavy atom. The lowest BCUT2D eigenvalue weighted by Gasteiger charge is -2.18. The average Bonchev–Trinajstić information content (AvgIpc) is 3.15. The van der Waals surface area contributed by atoms with Gasteiger partial charge in [-0.3, -0.25) is 9.59 Å². The zero-order valence-corrected chi connectivity index (χ0v) is 15.6. The second kappa shape index (κ2) is 8.10. The van der Waals surface area contributed by atoms with E-state index >= 15 is 0 Å². The topological polar surface area (TPSA) is 89.0 Å². The van der Waals surface area contributed by atoms with Gasteiger partial charge in [0.1, 0.15) is 13.2 Å². The molecule has 0 spiro atoms. The maximum Gasteiger partial charge on any atom is 0.259 e. The predicted octanol–water partition coefficient (Wildman–Crippen LogP) is 2.55. The lowest BCUT2D eigenvalue weighted by atomic mass is 10.2. The van der Waals surface area contributed by atoms with E-state index in [1.165, 1.54) is 0 Å². The van der Waals surface area contributed by atoms with Crippen molar-refractivity contribution in [3.05, 3.63) is 59.0 Å². The zero-order chi connectivity index (χ0) is 19.3. The van der Waals surface area contributed by atoms with Gasteiger partial charge in [-0.25, -0.2) is 5.43 Å². The molecule has 0 unspecified atom stereocenters. The van der Waals surface area contributed by atoms with Crippen LogP contribution in [0.1, 0.15) is 15.9 Å². The summed E-state index contributed by atoms with van der Waals surface area (Å²) in [4.78, 5) is 24.1. The number of hydrogen-bond acceptors (Lipinski definition) is 6. The van der Waals surface area contributed by atoms with Gasteiger partial charge in [0, 0.05) is 26.6 Å². The molecule has 1 aromatic heterocycles. The van der Waals surface area contributed by atoms with Gasteiger partial charge in [-0.05, 0) is 24.3 Å². The van der Waals surface area contributed by atoms with E-state index in [9.17, 15) is 9.59 Å². The van der Waals surface area contributed by atoms with Crippen molar-refractivity contribution in [2.24, 2.45) is 5.10 Å². The van der Waals surface area contributed by atoms with E-state index in [2.05, 4.69) is 15.8 Å². The molecule has 0 aliphatic carbocycles. The summed E-state index contributed by atoms with van der Waals surface area (Å²) < 4.78 is 12.0. The average molecular weight is 395 g/mol. The number of carbonyl (C=O) groups excluding carboxylic acids is 2. The first kappa shape index (κ1) is 18.0. The molecule has 3 aromatic rings. The Morgan fingerprint density at radius 1 is 1.11 bits per heavy atom. The molecule has 2 N–H and O–H groups in total. The first-order valence-electron chi connectivity index (χ1n) is 8.67. The summed E-state index contributed by atoms with van der Waals surface area (Å²) in [6, 6.07) is 12.9. The van der Waals surface area contributed by atoms with Crippen molar-refractivity contribution in [2.75, 3.05) is 19.8 Å². The number of ether oxygens (including phenoxy) is 2. The van der Waals surface area contributed by atoms with E-state index in [1.807, 2.05) is 29.6 Å². The third-order valence-electron chi connectivity index (χ3n) is 4.12. The van der Waals surface area contributed by atoms with Crippen molar-refractivity contribution < 1.29 is 19.1 Å². The van der Waals surface area contributed by atoms with Crippen molar-refractivity contribution >= 4 is 39.5 Å². The van der Waals surface area contributed by atoms with E-state index < -0.39 is 5.91 Å². The van der Waals surface area contributed by atoms with Crippen LogP contribution < -0.4 is 20.2 Å². The molecule has 2 aromatic carbocycles. The second-order valence-corrected chi connectivity index (χ2v) is 6.93. The van der Waals surface area contributed by atoms with E-state index in [0.717, 1.165) is 15.6 Å². The molecule has 0 saturated carbocycles. The van der Waals surface area contributed by atoms with Crippen LogP contribution in [0.3, 0.4) is 0 Å². The Morgan fingerprint density at radius 3 is 2.82 bits per heavy atom. The number of fused-ring (bicyclic) bond motifs is 2. The molecule has 1 aliphatic heterocycles. The fraction of sp³-hybridized carbons (Fsp3) is 0.150. The van der Waals surface area contributed by atoms with Crippen LogP contribution >= 0.6 is 11.3 Å². The summed E-state index contributed by atoms with van der Waals surface area (Å²) in [7, 11) is 0. The van der Waals surface area contributed by atoms with Crippen molar-refractivity contribution in [1.29, 1.82) is 0 Å². The third-order valence-corrected chi connectivity index (χ3v) is 5.10. The van der Waals surface area contributed by atoms with Gasteiger partial charge in [0.05, 0.1) is 12.8 Å². The van der Waals surface area contributed by atoms with E-state index in [4.69, 9.17) is 9.47 Å². The van der Waals surface area contributed by atoms with Gasteiger partial charge in [-0.1, -0.05) is 18.2 Å². The number of nitrogens with one attached hydrogen (secondary N) is 2. The number of rotatable bonds is 5. The summed E-state index contributed by atoms with van der Waals surface area (Å²) in [5, 5.41) is 9.58. The normalized spacial score (nSPS) is 12.9. The molecular formula is C20H17N3O4S. The van der Waals surface area contributed by atoms with Crippen molar-refractivity contribution in [3.8, 4) is 11.5 Å². The van der Waals surface area contributed by atoms with Crippen molar-refractivity contribution in [3.63, 3.8) is 0 Å². The van der Waals surface area contributed by atoms with Crippen LogP contribution in [-0.4, -0.2) is 37.8 Å². The summed E-state index contributed by atoms with van der Waals surface area (Å²) in [5.74, 6) is 0.341. The second-order valence-electron chi connectivity index (χ2n) is 6.02. The van der Waals surface area contributed by atoms with E-state index in [-0.39, 0.29) is 12.5 Å². The summed E-state index contributed by atoms with van der Waals surface area (Å²) in [5.41, 5.74) is 3.74. The van der Waals surface area contributed by atoms with Crippen LogP contribution in [0.5, 0.6) is 11.5 Å². The minimum absolute atomic E-state index is 0.186. The minimum Gasteiger partial charge on any atom is -0.486 e. The first-order valence-corrected chi connectivity index (χ1v) is 9.54. The Hall–Kier alpha value is -3.39. The van der Waals surface area contributed by atoms with Crippen LogP contribution in [0.25, 0.3) is 10.1 Å². The molecule has 8 heteroatoms. The number of carbonyl (C=O) groups is 2. The SMILES string of the molecule is O=C(CNC(=O)c1ccc2c(c1)OCCO2)N/N=C/c1csc2ccccc12. The summed E-state index contributed by atoms with van der Waals surface area (Å²) >= 11 is 1.61. The molecule has 1 aliphatic rings. The smallest absolute Gasteiger partial charge is 0.259 e. The predicted molar refractivity (Wildman–Crippen MR) is 107 cm³/mol. The Balaban J connectivity index is 1.30. The molecule has 28 heavy (non-hydrogen) atoms. The summed E-state index contributed by atoms with van der Waals surface area (Å²) in [6.07, 6.45) is 1.60. The van der Waals surface area contributed by atoms with Gasteiger partial charge in [0.2, 0.25) is 0 Å². The zero-order valence-electron chi connectivity index (χ0n) is 14.8. The van der Waals surface area contributed by atoms with Crippen LogP contribution in [0, 0.1) is 0 Å². The molecule has 0 saturated heterocycles. The molecule has 4 rings (SSSR count). The van der Waals surface area contributed by atoms with Crippen LogP contribution in [0.4, 0.5) is 0 Å². The fourth-order valence-electron chi connectivity index (χ4n) is 2.76. The largest absolute Gasteiger partial charge is 0.486 e. The Kier molecular flexibility index (Phi) is 5.20. The highest BCUT2D eigenvalue weighted by Crippen LogP contribution is 2.30. The molecule has 142 valence electrons. The van der Waals surface area contributed by atoms with Gasteiger partial charge in [-0.2, -0.15) is 5.10 Å². The highest BCUT2D eigenvalue weighted by molar-refractivity contribution is 7.17. The van der Waals surface area contributed by atoms with E-state index in [1.54, 1.807) is 35.8 Å². The van der Waals surface area contributed by atoms with Gasteiger partial charge >= 0.3 is 0 Å². The van der Waals surface area contributed by atoms with Crippen molar-refractivity contribution in [1.82, 2.24) is 10.7 Å². The quantitative estimate of drug-likeness (QED) is 0.513. The lowest BCUT2D eigenvalue weighted by molar-refractivity contribution is -0.120. The van der Waals surface area contributed by atoms with Crippen LogP contribution in [-0.2, 0) is 4.79 Å². The number of benzene rings is 2. The third kappa shape index (κ3) is 3.96. The molecule has 2 amide bonds. The molecule has 0 radical (unpaired) electrons. The first-order chi connectivity index (χ1) is 13.7. The number of amides is 2. The van der Waals surface area contributed by atoms with Gasteiger partial charge in [0.25, 0.3) is 11.8 Å². The molecular weight excluding hydrogens is 378 g/mol. The van der Waals surface area contributed by atoms with Gasteiger partial charge in [-0.15, -0.1) is 11.3 Å². The number of thiophene rings is 1. The van der Waals surface area contributed by atoms with Crippen LogP contribution in [0.2, 0.25) is 0 Å². The van der Waals surface area contributed by atoms with Gasteiger partial charge in [0.15, 0.2) is 11.5 Å². The Bertz CT molecular complexity index is 1060. The highest BCUT2D eigenvalue weighted by Gasteiger charge is 2.15. The van der Waals surface area contributed by atoms with Gasteiger partial charge < -0.3 is 14.8 Å². The molecule has 0 fully saturated rings. The lowest BCUT2D eigenvalue weighted by Crippen LogP contribution is -2.35. The number of hydrazone groups is 1. The minimum atomic E-state index is -0.415. The maximum absolute atomic E-state index is 12.2. The standard InChI is InChI=1S/C20H17N3O4S/c24-19(23-22-10-14-12-28-18-4-2-1-3-15(14)18)11-21-20(25)13-5-6-16-17(9-13)27-8-7-26-16/h1-6,9-10,12H,7-8,11H2,(H,21,25)(H,23,24)/b22-10+. The molecule has 7 nitrogen and oxygen atoms in total. The number of hydrogen-bond donors (Lipinski definition) is 2. The number of nitrogens with zero attached hydrogens (tertiary/aromatic N) is 1. The maximum atomic E-state index is 12.2. The fourth-order valence-corrected chi connectivity index (χ4v) is 3.67. The highest BCUT2D eigenvalue weighted by atomic mass is 32.1. The monoisotopic (exact) mass is 395 g/mol. The summed E-state index contributed by atoms with van der Waals surface area (Å²) in [6.45, 7) is 0.743. The van der Waals surface area contributed by atoms with Crippen LogP contribution in [0.15, 0.2) is 52.9 Å². The van der Waals surface area contributed by atoms with Crippen molar-refractivity contribution in [2.45, 2.75) is 0 Å². The molecule has 0 atom stereocenters. The van der Waals surface area contributed by atoms with E-state index in [0.29, 0.717) is 30.3 Å². The molecule has 2 heterocycles.